The molecular formula is C47H58IrN2-2. The minimum absolute atomic E-state index is 0. The van der Waals surface area contributed by atoms with Gasteiger partial charge in [-0.2, -0.15) is 17.7 Å². The summed E-state index contributed by atoms with van der Waals surface area (Å²) in [4.78, 5) is 9.00. The fourth-order valence-electron chi connectivity index (χ4n) is 8.00. The molecule has 2 aliphatic rings. The number of unbranched alkanes of at least 4 members (excludes halogenated alkanes) is 10. The molecule has 0 saturated heterocycles. The van der Waals surface area contributed by atoms with E-state index in [4.69, 9.17) is 4.98 Å². The van der Waals surface area contributed by atoms with Crippen molar-refractivity contribution in [1.82, 2.24) is 9.97 Å². The Morgan fingerprint density at radius 3 is 1.98 bits per heavy atom. The van der Waals surface area contributed by atoms with E-state index in [1.54, 1.807) is 17.3 Å². The molecule has 0 amide bonds. The minimum atomic E-state index is 0. The van der Waals surface area contributed by atoms with Gasteiger partial charge in [0.2, 0.25) is 0 Å². The zero-order chi connectivity index (χ0) is 34.3. The molecule has 0 saturated carbocycles. The predicted octanol–water partition coefficient (Wildman–Crippen LogP) is 13.2. The molecule has 2 aromatic carbocycles. The molecule has 2 aliphatic carbocycles. The molecule has 1 radical (unpaired) electrons. The van der Waals surface area contributed by atoms with Crippen molar-refractivity contribution in [1.29, 1.82) is 0 Å². The maximum atomic E-state index is 4.78. The zero-order valence-corrected chi connectivity index (χ0v) is 33.4. The molecule has 0 N–H and O–H groups in total. The Morgan fingerprint density at radius 2 is 1.36 bits per heavy atom. The van der Waals surface area contributed by atoms with E-state index in [9.17, 15) is 0 Å². The zero-order valence-electron chi connectivity index (χ0n) is 31.0. The number of nitrogens with zero attached hydrogens (tertiary/aromatic N) is 2. The summed E-state index contributed by atoms with van der Waals surface area (Å²) in [5.74, 6) is 0.958. The summed E-state index contributed by atoms with van der Waals surface area (Å²) in [7, 11) is 0. The van der Waals surface area contributed by atoms with Gasteiger partial charge in [-0.25, -0.2) is 0 Å². The maximum Gasteiger partial charge on any atom is 0.0160 e. The molecule has 3 heteroatoms. The van der Waals surface area contributed by atoms with Crippen LogP contribution in [0.3, 0.4) is 0 Å². The van der Waals surface area contributed by atoms with E-state index in [2.05, 4.69) is 87.3 Å². The topological polar surface area (TPSA) is 25.8 Å². The van der Waals surface area contributed by atoms with E-state index in [-0.39, 0.29) is 25.5 Å². The van der Waals surface area contributed by atoms with E-state index in [0.29, 0.717) is 11.8 Å². The molecule has 6 rings (SSSR count). The second kappa shape index (κ2) is 20.7. The van der Waals surface area contributed by atoms with Gasteiger partial charge in [-0.1, -0.05) is 139 Å². The Kier molecular flexibility index (Phi) is 16.4. The molecule has 50 heavy (non-hydrogen) atoms. The fourth-order valence-corrected chi connectivity index (χ4v) is 8.00. The molecule has 2 unspecified atom stereocenters. The molecule has 2 heterocycles. The summed E-state index contributed by atoms with van der Waals surface area (Å²) in [6.07, 6.45) is 31.4. The molecule has 0 bridgehead atoms. The van der Waals surface area contributed by atoms with Crippen molar-refractivity contribution in [3.05, 3.63) is 137 Å². The van der Waals surface area contributed by atoms with Gasteiger partial charge < -0.3 is 9.97 Å². The van der Waals surface area contributed by atoms with Crippen LogP contribution in [0, 0.1) is 31.9 Å². The van der Waals surface area contributed by atoms with Gasteiger partial charge in [-0.3, -0.25) is 0 Å². The first kappa shape index (κ1) is 39.7. The van der Waals surface area contributed by atoms with Crippen molar-refractivity contribution in [2.75, 3.05) is 0 Å². The number of rotatable bonds is 16. The van der Waals surface area contributed by atoms with Crippen LogP contribution in [0.15, 0.2) is 97.3 Å². The van der Waals surface area contributed by atoms with Gasteiger partial charge in [-0.15, -0.1) is 42.0 Å². The number of pyridine rings is 2. The van der Waals surface area contributed by atoms with Gasteiger partial charge in [0.1, 0.15) is 0 Å². The molecular weight excluding hydrogens is 785 g/mol. The van der Waals surface area contributed by atoms with Gasteiger partial charge in [-0.05, 0) is 78.1 Å². The van der Waals surface area contributed by atoms with Crippen LogP contribution in [0.5, 0.6) is 0 Å². The standard InChI is InChI=1S/C36H50N.C11H8N.Ir/c1-5-7-9-11-13-15-23-36(24-16-14-12-10-8-6-2)33-25-28(3)17-20-31(33)32-21-19-30(26-34(32)36)35-22-18-29(4)27-37-35;1-2-6-10(7-3-1)11-8-4-5-9-12-11;/h17-18,20-22,25-27,32,34H,5-16,23-24H2,1-4H3;1-6,8-9H;/q2*-1;. The maximum absolute atomic E-state index is 4.78. The fraction of sp³-hybridized carbons (Fsp3) is 0.447. The Balaban J connectivity index is 0.000000362. The van der Waals surface area contributed by atoms with Crippen molar-refractivity contribution in [3.8, 4) is 11.3 Å². The average molecular weight is 843 g/mol. The molecule has 0 spiro atoms. The molecule has 267 valence electrons. The van der Waals surface area contributed by atoms with Crippen LogP contribution < -0.4 is 0 Å². The number of allylic oxidation sites excluding steroid dienone is 4. The number of fused-ring (bicyclic) bond motifs is 3. The van der Waals surface area contributed by atoms with Crippen LogP contribution in [0.1, 0.15) is 138 Å². The number of hydrogen-bond donors (Lipinski definition) is 0. The van der Waals surface area contributed by atoms with Crippen LogP contribution in [0.25, 0.3) is 16.8 Å². The van der Waals surface area contributed by atoms with Crippen LogP contribution in [-0.4, -0.2) is 9.97 Å². The van der Waals surface area contributed by atoms with E-state index in [1.165, 1.54) is 107 Å². The minimum Gasteiger partial charge on any atom is -0.320 e. The van der Waals surface area contributed by atoms with Crippen LogP contribution in [-0.2, 0) is 25.5 Å². The van der Waals surface area contributed by atoms with Crippen LogP contribution in [0.2, 0.25) is 0 Å². The summed E-state index contributed by atoms with van der Waals surface area (Å²) in [5.41, 5.74) is 10.3. The normalized spacial score (nSPS) is 16.8. The summed E-state index contributed by atoms with van der Waals surface area (Å²) in [6.45, 7) is 9.02. The van der Waals surface area contributed by atoms with E-state index < -0.39 is 0 Å². The second-order valence-corrected chi connectivity index (χ2v) is 14.4. The number of aryl methyl sites for hydroxylation is 2. The Hall–Kier alpha value is -3.13. The smallest absolute Gasteiger partial charge is 0.0160 e. The van der Waals surface area contributed by atoms with Crippen molar-refractivity contribution in [3.63, 3.8) is 0 Å². The third-order valence-electron chi connectivity index (χ3n) is 10.7. The van der Waals surface area contributed by atoms with E-state index in [0.717, 1.165) is 17.0 Å². The van der Waals surface area contributed by atoms with Crippen molar-refractivity contribution in [2.24, 2.45) is 5.92 Å². The summed E-state index contributed by atoms with van der Waals surface area (Å²) >= 11 is 0. The molecule has 0 fully saturated rings. The quantitative estimate of drug-likeness (QED) is 0.0829. The van der Waals surface area contributed by atoms with Gasteiger partial charge in [0.25, 0.3) is 0 Å². The average Bonchev–Trinajstić information content (AvgIpc) is 3.40. The first-order chi connectivity index (χ1) is 24.1. The number of aromatic nitrogens is 2. The SMILES string of the molecule is CCCCCCCCC1(CCCCCCCC)c2cc(C)ccc2C2C=[C-]C(c3ccc(C)cn3)=CC21.[Ir].[c-]1ccccc1-c1ccccn1. The Bertz CT molecular complexity index is 1550. The van der Waals surface area contributed by atoms with Gasteiger partial charge in [0.05, 0.1) is 0 Å². The van der Waals surface area contributed by atoms with Gasteiger partial charge >= 0.3 is 0 Å². The largest absolute Gasteiger partial charge is 0.320 e. The molecule has 2 aromatic heterocycles. The molecule has 0 aliphatic heterocycles. The van der Waals surface area contributed by atoms with Gasteiger partial charge in [0.15, 0.2) is 0 Å². The summed E-state index contributed by atoms with van der Waals surface area (Å²) in [5, 5.41) is 0. The number of hydrogen-bond acceptors (Lipinski definition) is 2. The Morgan fingerprint density at radius 1 is 0.680 bits per heavy atom. The molecule has 4 aromatic rings. The van der Waals surface area contributed by atoms with E-state index >= 15 is 0 Å². The van der Waals surface area contributed by atoms with Crippen molar-refractivity contribution in [2.45, 2.75) is 129 Å². The summed E-state index contributed by atoms with van der Waals surface area (Å²) in [6, 6.07) is 28.5. The molecule has 2 atom stereocenters. The van der Waals surface area contributed by atoms with Crippen LogP contribution >= 0.6 is 0 Å². The third kappa shape index (κ3) is 10.5. The molecule has 2 nitrogen and oxygen atoms in total. The third-order valence-corrected chi connectivity index (χ3v) is 10.7. The second-order valence-electron chi connectivity index (χ2n) is 14.4. The Labute approximate surface area is 317 Å². The van der Waals surface area contributed by atoms with Crippen molar-refractivity contribution >= 4 is 5.57 Å². The summed E-state index contributed by atoms with van der Waals surface area (Å²) < 4.78 is 0. The van der Waals surface area contributed by atoms with Crippen molar-refractivity contribution < 1.29 is 20.1 Å². The van der Waals surface area contributed by atoms with E-state index in [1.807, 2.05) is 48.7 Å². The van der Waals surface area contributed by atoms with Gasteiger partial charge in [0, 0.05) is 32.5 Å². The predicted molar refractivity (Wildman–Crippen MR) is 208 cm³/mol. The number of benzene rings is 2. The first-order valence-electron chi connectivity index (χ1n) is 19.3. The van der Waals surface area contributed by atoms with Crippen LogP contribution in [0.4, 0.5) is 0 Å². The monoisotopic (exact) mass is 843 g/mol. The first-order valence-corrected chi connectivity index (χ1v) is 19.3.